The van der Waals surface area contributed by atoms with Crippen LogP contribution in [-0.4, -0.2) is 5.78 Å². The molecule has 1 nitrogen and oxygen atoms in total. The first-order valence-electron chi connectivity index (χ1n) is 10.3. The van der Waals surface area contributed by atoms with Crippen molar-refractivity contribution in [1.82, 2.24) is 0 Å². The van der Waals surface area contributed by atoms with Crippen molar-refractivity contribution < 1.29 is 13.6 Å². The lowest BCUT2D eigenvalue weighted by molar-refractivity contribution is -0.121. The Kier molecular flexibility index (Phi) is 29.6. The van der Waals surface area contributed by atoms with Crippen LogP contribution in [0.25, 0.3) is 0 Å². The molecule has 0 aliphatic heterocycles. The highest BCUT2D eigenvalue weighted by atomic mass is 19.2. The lowest BCUT2D eigenvalue weighted by atomic mass is 9.89. The fourth-order valence-electron chi connectivity index (χ4n) is 1.87. The Morgan fingerprint density at radius 1 is 0.923 bits per heavy atom. The zero-order valence-electron chi connectivity index (χ0n) is 19.2. The summed E-state index contributed by atoms with van der Waals surface area (Å²) in [6, 6.07) is 3.95. The number of Topliss-reactive ketones (excluding diaryl/α,β-unsaturated/α-hetero) is 1. The summed E-state index contributed by atoms with van der Waals surface area (Å²) in [6.07, 6.45) is 3.08. The molecule has 0 N–H and O–H groups in total. The highest BCUT2D eigenvalue weighted by Gasteiger charge is 2.14. The Balaban J connectivity index is -0.000000144. The van der Waals surface area contributed by atoms with Gasteiger partial charge in [-0.15, -0.1) is 0 Å². The normalized spacial score (nSPS) is 10.8. The van der Waals surface area contributed by atoms with Crippen LogP contribution in [0.2, 0.25) is 0 Å². The molecule has 0 saturated heterocycles. The second-order valence-corrected chi connectivity index (χ2v) is 5.27. The van der Waals surface area contributed by atoms with E-state index in [2.05, 4.69) is 13.8 Å². The summed E-state index contributed by atoms with van der Waals surface area (Å²) in [7, 11) is 0. The van der Waals surface area contributed by atoms with E-state index < -0.39 is 11.6 Å². The van der Waals surface area contributed by atoms with Gasteiger partial charge in [0.15, 0.2) is 11.6 Å². The minimum absolute atomic E-state index is 0.250. The molecular formula is C23H44F2O. The average Bonchev–Trinajstić information content (AvgIpc) is 2.68. The first kappa shape index (κ1) is 32.4. The Bertz CT molecular complexity index is 417. The molecule has 0 amide bonds. The van der Waals surface area contributed by atoms with E-state index >= 15 is 0 Å². The van der Waals surface area contributed by atoms with Crippen LogP contribution in [0.5, 0.6) is 0 Å². The van der Waals surface area contributed by atoms with Crippen molar-refractivity contribution in [2.75, 3.05) is 0 Å². The maximum Gasteiger partial charge on any atom is 0.159 e. The lowest BCUT2D eigenvalue weighted by Crippen LogP contribution is -2.15. The lowest BCUT2D eigenvalue weighted by Gasteiger charge is -2.15. The molecular weight excluding hydrogens is 330 g/mol. The SMILES string of the molecule is CC.CC.CC.CCCC(C)C(C)C(C)=O.CCc1ccc(F)c(F)c1. The maximum absolute atomic E-state index is 12.4. The summed E-state index contributed by atoms with van der Waals surface area (Å²) in [4.78, 5) is 10.9. The van der Waals surface area contributed by atoms with Gasteiger partial charge in [0.05, 0.1) is 0 Å². The third kappa shape index (κ3) is 17.6. The van der Waals surface area contributed by atoms with Gasteiger partial charge in [-0.05, 0) is 37.0 Å². The van der Waals surface area contributed by atoms with Gasteiger partial charge in [0, 0.05) is 5.92 Å². The number of ketones is 1. The Morgan fingerprint density at radius 3 is 1.69 bits per heavy atom. The molecule has 26 heavy (non-hydrogen) atoms. The molecule has 0 fully saturated rings. The number of hydrogen-bond donors (Lipinski definition) is 0. The van der Waals surface area contributed by atoms with Gasteiger partial charge in [0.1, 0.15) is 5.78 Å². The van der Waals surface area contributed by atoms with Crippen LogP contribution in [0, 0.1) is 23.5 Å². The van der Waals surface area contributed by atoms with Crippen molar-refractivity contribution in [2.24, 2.45) is 11.8 Å². The highest BCUT2D eigenvalue weighted by molar-refractivity contribution is 5.78. The minimum atomic E-state index is -0.780. The molecule has 1 rings (SSSR count). The smallest absolute Gasteiger partial charge is 0.159 e. The first-order chi connectivity index (χ1) is 12.3. The number of rotatable bonds is 5. The van der Waals surface area contributed by atoms with Gasteiger partial charge in [-0.1, -0.05) is 88.1 Å². The number of hydrogen-bond acceptors (Lipinski definition) is 1. The van der Waals surface area contributed by atoms with E-state index in [-0.39, 0.29) is 5.92 Å². The molecule has 3 heteroatoms. The molecule has 0 saturated carbocycles. The molecule has 1 aromatic rings. The molecule has 0 heterocycles. The monoisotopic (exact) mass is 374 g/mol. The van der Waals surface area contributed by atoms with Crippen molar-refractivity contribution in [3.63, 3.8) is 0 Å². The van der Waals surface area contributed by atoms with Gasteiger partial charge in [-0.3, -0.25) is 4.79 Å². The van der Waals surface area contributed by atoms with E-state index in [1.54, 1.807) is 13.0 Å². The summed E-state index contributed by atoms with van der Waals surface area (Å²) < 4.78 is 24.7. The number of benzene rings is 1. The van der Waals surface area contributed by atoms with Gasteiger partial charge in [0.25, 0.3) is 0 Å². The predicted octanol–water partition coefficient (Wildman–Crippen LogP) is 8.25. The van der Waals surface area contributed by atoms with E-state index in [9.17, 15) is 13.6 Å². The Morgan fingerprint density at radius 2 is 1.38 bits per heavy atom. The number of carbonyl (C=O) groups excluding carboxylic acids is 1. The van der Waals surface area contributed by atoms with E-state index in [1.165, 1.54) is 18.9 Å². The fourth-order valence-corrected chi connectivity index (χ4v) is 1.87. The van der Waals surface area contributed by atoms with Gasteiger partial charge >= 0.3 is 0 Å². The van der Waals surface area contributed by atoms with E-state index in [4.69, 9.17) is 0 Å². The second kappa shape index (κ2) is 23.8. The van der Waals surface area contributed by atoms with Crippen LogP contribution in [0.3, 0.4) is 0 Å². The first-order valence-corrected chi connectivity index (χ1v) is 10.3. The molecule has 2 unspecified atom stereocenters. The number of aryl methyl sites for hydroxylation is 1. The average molecular weight is 375 g/mol. The summed E-state index contributed by atoms with van der Waals surface area (Å²) in [5.74, 6) is -0.417. The van der Waals surface area contributed by atoms with Crippen LogP contribution in [0.4, 0.5) is 8.78 Å². The van der Waals surface area contributed by atoms with Gasteiger partial charge in [-0.25, -0.2) is 8.78 Å². The number of halogens is 2. The van der Waals surface area contributed by atoms with Gasteiger partial charge < -0.3 is 0 Å². The van der Waals surface area contributed by atoms with Crippen LogP contribution >= 0.6 is 0 Å². The Labute approximate surface area is 162 Å². The summed E-state index contributed by atoms with van der Waals surface area (Å²) in [5.41, 5.74) is 0.818. The highest BCUT2D eigenvalue weighted by Crippen LogP contribution is 2.16. The molecule has 0 aromatic heterocycles. The predicted molar refractivity (Wildman–Crippen MR) is 114 cm³/mol. The molecule has 0 aliphatic carbocycles. The Hall–Kier alpha value is -1.25. The molecule has 156 valence electrons. The largest absolute Gasteiger partial charge is 0.300 e. The van der Waals surface area contributed by atoms with Crippen molar-refractivity contribution in [3.8, 4) is 0 Å². The second-order valence-electron chi connectivity index (χ2n) is 5.27. The molecule has 2 atom stereocenters. The van der Waals surface area contributed by atoms with Crippen molar-refractivity contribution in [3.05, 3.63) is 35.4 Å². The summed E-state index contributed by atoms with van der Waals surface area (Å²) >= 11 is 0. The van der Waals surface area contributed by atoms with E-state index in [0.29, 0.717) is 11.7 Å². The molecule has 0 radical (unpaired) electrons. The fraction of sp³-hybridized carbons (Fsp3) is 0.696. The minimum Gasteiger partial charge on any atom is -0.300 e. The third-order valence-electron chi connectivity index (χ3n) is 3.63. The summed E-state index contributed by atoms with van der Waals surface area (Å²) in [6.45, 7) is 21.9. The van der Waals surface area contributed by atoms with Gasteiger partial charge in [0.2, 0.25) is 0 Å². The van der Waals surface area contributed by atoms with E-state index in [1.807, 2.05) is 55.4 Å². The van der Waals surface area contributed by atoms with Gasteiger partial charge in [-0.2, -0.15) is 0 Å². The molecule has 0 bridgehead atoms. The third-order valence-corrected chi connectivity index (χ3v) is 3.63. The van der Waals surface area contributed by atoms with Crippen LogP contribution in [0.1, 0.15) is 94.6 Å². The van der Waals surface area contributed by atoms with Crippen LogP contribution in [-0.2, 0) is 11.2 Å². The topological polar surface area (TPSA) is 17.1 Å². The quantitative estimate of drug-likeness (QED) is 0.507. The van der Waals surface area contributed by atoms with Crippen molar-refractivity contribution in [1.29, 1.82) is 0 Å². The molecule has 0 spiro atoms. The van der Waals surface area contributed by atoms with Crippen LogP contribution in [0.15, 0.2) is 18.2 Å². The standard InChI is InChI=1S/C9H18O.C8H8F2.3C2H6/c1-5-6-7(2)8(3)9(4)10;1-2-6-3-4-7(9)8(10)5-6;3*1-2/h7-8H,5-6H2,1-4H3;3-5H,2H2,1H3;3*1-2H3. The zero-order valence-corrected chi connectivity index (χ0v) is 19.2. The van der Waals surface area contributed by atoms with Crippen LogP contribution < -0.4 is 0 Å². The van der Waals surface area contributed by atoms with Crippen molar-refractivity contribution >= 4 is 5.78 Å². The molecule has 0 aliphatic rings. The zero-order chi connectivity index (χ0) is 21.7. The number of carbonyl (C=O) groups is 1. The van der Waals surface area contributed by atoms with E-state index in [0.717, 1.165) is 18.1 Å². The summed E-state index contributed by atoms with van der Waals surface area (Å²) in [5, 5.41) is 0. The molecule has 1 aromatic carbocycles. The van der Waals surface area contributed by atoms with Crippen molar-refractivity contribution in [2.45, 2.75) is 95.4 Å². The maximum atomic E-state index is 12.4.